The maximum atomic E-state index is 13.1. The van der Waals surface area contributed by atoms with E-state index in [9.17, 15) is 13.5 Å². The Labute approximate surface area is 165 Å². The van der Waals surface area contributed by atoms with Gasteiger partial charge in [-0.25, -0.2) is 8.42 Å². The molecule has 0 saturated carbocycles. The second-order valence-electron chi connectivity index (χ2n) is 9.29. The lowest BCUT2D eigenvalue weighted by molar-refractivity contribution is 0.0471. The van der Waals surface area contributed by atoms with Gasteiger partial charge in [-0.15, -0.1) is 0 Å². The molecule has 0 spiro atoms. The summed E-state index contributed by atoms with van der Waals surface area (Å²) in [7, 11) is -5.66. The van der Waals surface area contributed by atoms with Crippen molar-refractivity contribution in [2.75, 3.05) is 0 Å². The summed E-state index contributed by atoms with van der Waals surface area (Å²) in [5.74, 6) is -0.380. The fourth-order valence-electron chi connectivity index (χ4n) is 3.18. The first-order chi connectivity index (χ1) is 12.3. The van der Waals surface area contributed by atoms with E-state index >= 15 is 0 Å². The Kier molecular flexibility index (Phi) is 6.47. The largest absolute Gasteiger partial charge is 0.414 e. The molecule has 27 heavy (non-hydrogen) atoms. The molecular formula is C21H34O4SSi. The fourth-order valence-corrected chi connectivity index (χ4v) is 6.34. The Morgan fingerprint density at radius 2 is 1.67 bits per heavy atom. The van der Waals surface area contributed by atoms with Crippen LogP contribution in [0, 0.1) is 11.8 Å². The molecule has 2 rings (SSSR count). The standard InChI is InChI=1S/C21H34O4SSi/c1-15-13-19(25-27(6,7)21(3,4)5)16(2)18(22)14-20(15)26(23,24)17-11-9-8-10-12-17/h8-12,14-16,18-19,22H,13H2,1-7H3/t15-,16+,18-,19-/m1/s1. The quantitative estimate of drug-likeness (QED) is 0.726. The highest BCUT2D eigenvalue weighted by atomic mass is 32.2. The molecule has 0 unspecified atom stereocenters. The van der Waals surface area contributed by atoms with Crippen LogP contribution in [-0.4, -0.2) is 34.0 Å². The first kappa shape index (κ1) is 22.3. The van der Waals surface area contributed by atoms with E-state index in [1.165, 1.54) is 6.08 Å². The molecule has 152 valence electrons. The third-order valence-corrected chi connectivity index (χ3v) is 12.7. The van der Waals surface area contributed by atoms with Crippen LogP contribution in [0.15, 0.2) is 46.2 Å². The number of aliphatic hydroxyl groups is 1. The zero-order chi connectivity index (χ0) is 20.6. The lowest BCUT2D eigenvalue weighted by Crippen LogP contribution is -2.47. The van der Waals surface area contributed by atoms with Gasteiger partial charge < -0.3 is 9.53 Å². The minimum absolute atomic E-state index is 0.0551. The maximum absolute atomic E-state index is 13.1. The van der Waals surface area contributed by atoms with Crippen LogP contribution >= 0.6 is 0 Å². The number of aliphatic hydroxyl groups excluding tert-OH is 1. The molecule has 0 fully saturated rings. The van der Waals surface area contributed by atoms with Crippen molar-refractivity contribution in [1.82, 2.24) is 0 Å². The Hall–Kier alpha value is -0.953. The molecule has 0 aromatic heterocycles. The van der Waals surface area contributed by atoms with Gasteiger partial charge in [0.25, 0.3) is 0 Å². The highest BCUT2D eigenvalue weighted by molar-refractivity contribution is 7.95. The zero-order valence-electron chi connectivity index (χ0n) is 17.6. The Bertz CT molecular complexity index is 778. The monoisotopic (exact) mass is 410 g/mol. The minimum Gasteiger partial charge on any atom is -0.414 e. The van der Waals surface area contributed by atoms with E-state index in [0.717, 1.165) is 0 Å². The van der Waals surface area contributed by atoms with E-state index in [1.807, 2.05) is 13.8 Å². The van der Waals surface area contributed by atoms with E-state index in [1.54, 1.807) is 30.3 Å². The fraction of sp³-hybridized carbons (Fsp3) is 0.619. The molecule has 0 radical (unpaired) electrons. The molecule has 1 aliphatic carbocycles. The summed E-state index contributed by atoms with van der Waals surface area (Å²) in [6, 6.07) is 8.44. The van der Waals surface area contributed by atoms with Crippen LogP contribution in [0.1, 0.15) is 41.0 Å². The van der Waals surface area contributed by atoms with Crippen molar-refractivity contribution < 1.29 is 18.0 Å². The Balaban J connectivity index is 2.36. The van der Waals surface area contributed by atoms with Gasteiger partial charge in [-0.05, 0) is 48.7 Å². The molecule has 1 aromatic rings. The van der Waals surface area contributed by atoms with E-state index in [2.05, 4.69) is 33.9 Å². The van der Waals surface area contributed by atoms with Crippen LogP contribution in [-0.2, 0) is 14.3 Å². The van der Waals surface area contributed by atoms with Crippen LogP contribution in [0.5, 0.6) is 0 Å². The molecule has 1 N–H and O–H groups in total. The van der Waals surface area contributed by atoms with Gasteiger partial charge in [0.05, 0.1) is 22.0 Å². The van der Waals surface area contributed by atoms with Gasteiger partial charge in [0.15, 0.2) is 8.32 Å². The first-order valence-electron chi connectivity index (χ1n) is 9.65. The third kappa shape index (κ3) is 4.73. The minimum atomic E-state index is -3.63. The summed E-state index contributed by atoms with van der Waals surface area (Å²) in [5.41, 5.74) is 0. The summed E-state index contributed by atoms with van der Waals surface area (Å²) >= 11 is 0. The van der Waals surface area contributed by atoms with E-state index in [-0.39, 0.29) is 27.9 Å². The zero-order valence-corrected chi connectivity index (χ0v) is 19.4. The lowest BCUT2D eigenvalue weighted by Gasteiger charge is -2.41. The third-order valence-electron chi connectivity index (χ3n) is 6.15. The predicted octanol–water partition coefficient (Wildman–Crippen LogP) is 4.77. The lowest BCUT2D eigenvalue weighted by atomic mass is 9.95. The average molecular weight is 411 g/mol. The summed E-state index contributed by atoms with van der Waals surface area (Å²) < 4.78 is 32.9. The molecule has 4 nitrogen and oxygen atoms in total. The smallest absolute Gasteiger partial charge is 0.202 e. The van der Waals surface area contributed by atoms with E-state index < -0.39 is 24.3 Å². The van der Waals surface area contributed by atoms with Gasteiger partial charge in [-0.1, -0.05) is 52.8 Å². The van der Waals surface area contributed by atoms with Crippen LogP contribution in [0.3, 0.4) is 0 Å². The van der Waals surface area contributed by atoms with Crippen molar-refractivity contribution in [1.29, 1.82) is 0 Å². The highest BCUT2D eigenvalue weighted by Gasteiger charge is 2.43. The molecule has 0 heterocycles. The molecule has 4 atom stereocenters. The van der Waals surface area contributed by atoms with Crippen molar-refractivity contribution in [2.45, 2.75) is 76.3 Å². The number of sulfone groups is 1. The van der Waals surface area contributed by atoms with Gasteiger partial charge in [-0.3, -0.25) is 0 Å². The summed E-state index contributed by atoms with van der Waals surface area (Å²) in [5, 5.41) is 10.8. The molecule has 0 saturated heterocycles. The number of rotatable bonds is 4. The highest BCUT2D eigenvalue weighted by Crippen LogP contribution is 2.41. The molecule has 0 aliphatic heterocycles. The van der Waals surface area contributed by atoms with Crippen LogP contribution in [0.4, 0.5) is 0 Å². The van der Waals surface area contributed by atoms with Gasteiger partial charge in [0.1, 0.15) is 0 Å². The predicted molar refractivity (Wildman–Crippen MR) is 113 cm³/mol. The molecule has 1 aliphatic rings. The van der Waals surface area contributed by atoms with Gasteiger partial charge >= 0.3 is 0 Å². The number of hydrogen-bond donors (Lipinski definition) is 1. The van der Waals surface area contributed by atoms with Crippen molar-refractivity contribution in [3.05, 3.63) is 41.3 Å². The van der Waals surface area contributed by atoms with E-state index in [0.29, 0.717) is 11.3 Å². The van der Waals surface area contributed by atoms with Crippen molar-refractivity contribution >= 4 is 18.2 Å². The number of hydrogen-bond acceptors (Lipinski definition) is 4. The van der Waals surface area contributed by atoms with Crippen LogP contribution in [0.25, 0.3) is 0 Å². The molecule has 6 heteroatoms. The van der Waals surface area contributed by atoms with Crippen molar-refractivity contribution in [2.24, 2.45) is 11.8 Å². The van der Waals surface area contributed by atoms with Gasteiger partial charge in [0, 0.05) is 5.92 Å². The molecule has 1 aromatic carbocycles. The summed E-state index contributed by atoms with van der Waals surface area (Å²) in [6.45, 7) is 14.8. The van der Waals surface area contributed by atoms with Gasteiger partial charge in [0.2, 0.25) is 9.84 Å². The SMILES string of the molecule is C[C@H]1[C@H](O)C=C(S(=O)(=O)c2ccccc2)[C@H](C)C[C@H]1O[Si](C)(C)C(C)(C)C. The molecule has 0 bridgehead atoms. The Morgan fingerprint density at radius 1 is 1.11 bits per heavy atom. The average Bonchev–Trinajstić information content (AvgIpc) is 2.66. The van der Waals surface area contributed by atoms with Gasteiger partial charge in [-0.2, -0.15) is 0 Å². The van der Waals surface area contributed by atoms with Crippen molar-refractivity contribution in [3.63, 3.8) is 0 Å². The maximum Gasteiger partial charge on any atom is 0.202 e. The normalized spacial score (nSPS) is 27.8. The van der Waals surface area contributed by atoms with Crippen molar-refractivity contribution in [3.8, 4) is 0 Å². The number of benzene rings is 1. The first-order valence-corrected chi connectivity index (χ1v) is 14.0. The molecular weight excluding hydrogens is 376 g/mol. The topological polar surface area (TPSA) is 63.6 Å². The second-order valence-corrected chi connectivity index (χ2v) is 16.0. The van der Waals surface area contributed by atoms with Crippen LogP contribution < -0.4 is 0 Å². The Morgan fingerprint density at radius 3 is 2.19 bits per heavy atom. The van der Waals surface area contributed by atoms with Crippen LogP contribution in [0.2, 0.25) is 18.1 Å². The van der Waals surface area contributed by atoms with E-state index in [4.69, 9.17) is 4.43 Å². The molecule has 0 amide bonds. The summed E-state index contributed by atoms with van der Waals surface area (Å²) in [6.07, 6.45) is 1.10. The summed E-state index contributed by atoms with van der Waals surface area (Å²) in [4.78, 5) is 0.570. The second kappa shape index (κ2) is 7.82. The number of allylic oxidation sites excluding steroid dienone is 1.